The Morgan fingerprint density at radius 1 is 1.10 bits per heavy atom. The number of hydrazine groups is 1. The van der Waals surface area contributed by atoms with E-state index in [1.165, 1.54) is 10.7 Å². The smallest absolute Gasteiger partial charge is 0.313 e. The standard InChI is InChI=1S/C19H15N7O3/c1-12-11-15(27)16(24-26(12)14-5-3-2-4-6-14)18(28)22-23-19-21-17(25-29-19)13-7-9-20-10-8-13/h2-11H,1H3,(H,22,28)(H,21,23,25). The Kier molecular flexibility index (Phi) is 4.81. The Morgan fingerprint density at radius 2 is 1.86 bits per heavy atom. The van der Waals surface area contributed by atoms with E-state index in [4.69, 9.17) is 4.52 Å². The fourth-order valence-electron chi connectivity index (χ4n) is 2.60. The van der Waals surface area contributed by atoms with E-state index in [1.54, 1.807) is 31.5 Å². The van der Waals surface area contributed by atoms with Crippen LogP contribution in [-0.4, -0.2) is 30.8 Å². The van der Waals surface area contributed by atoms with Crippen molar-refractivity contribution in [3.63, 3.8) is 0 Å². The third-order valence-electron chi connectivity index (χ3n) is 3.97. The summed E-state index contributed by atoms with van der Waals surface area (Å²) in [5.74, 6) is -0.410. The lowest BCUT2D eigenvalue weighted by molar-refractivity contribution is 0.0953. The molecule has 0 aliphatic rings. The molecule has 3 heterocycles. The second-order valence-electron chi connectivity index (χ2n) is 5.98. The molecule has 2 N–H and O–H groups in total. The van der Waals surface area contributed by atoms with Gasteiger partial charge in [0.25, 0.3) is 5.91 Å². The van der Waals surface area contributed by atoms with Crippen LogP contribution in [0.25, 0.3) is 17.1 Å². The minimum absolute atomic E-state index is 0.0411. The number of anilines is 1. The summed E-state index contributed by atoms with van der Waals surface area (Å²) in [6.07, 6.45) is 3.20. The zero-order chi connectivity index (χ0) is 20.2. The summed E-state index contributed by atoms with van der Waals surface area (Å²) in [6.45, 7) is 1.74. The molecule has 4 rings (SSSR count). The number of aromatic nitrogens is 5. The minimum Gasteiger partial charge on any atom is -0.313 e. The van der Waals surface area contributed by atoms with E-state index in [-0.39, 0.29) is 11.7 Å². The van der Waals surface area contributed by atoms with Crippen LogP contribution in [0, 0.1) is 6.92 Å². The maximum Gasteiger partial charge on any atom is 0.340 e. The molecule has 29 heavy (non-hydrogen) atoms. The van der Waals surface area contributed by atoms with Gasteiger partial charge in [-0.25, -0.2) is 10.1 Å². The van der Waals surface area contributed by atoms with Crippen LogP contribution in [0.1, 0.15) is 16.2 Å². The summed E-state index contributed by atoms with van der Waals surface area (Å²) >= 11 is 0. The first-order valence-electron chi connectivity index (χ1n) is 8.59. The number of amides is 1. The molecule has 0 aliphatic carbocycles. The van der Waals surface area contributed by atoms with Gasteiger partial charge < -0.3 is 4.52 Å². The van der Waals surface area contributed by atoms with E-state index in [1.807, 2.05) is 30.3 Å². The maximum absolute atomic E-state index is 12.5. The normalized spacial score (nSPS) is 10.5. The second kappa shape index (κ2) is 7.72. The molecular formula is C19H15N7O3. The average molecular weight is 389 g/mol. The Labute approximate surface area is 164 Å². The Balaban J connectivity index is 1.52. The molecule has 0 unspecified atom stereocenters. The van der Waals surface area contributed by atoms with Crippen molar-refractivity contribution in [3.8, 4) is 17.1 Å². The highest BCUT2D eigenvalue weighted by molar-refractivity contribution is 5.92. The monoisotopic (exact) mass is 389 g/mol. The molecule has 4 aromatic rings. The molecule has 3 aromatic heterocycles. The van der Waals surface area contributed by atoms with Crippen molar-refractivity contribution in [1.29, 1.82) is 0 Å². The van der Waals surface area contributed by atoms with Gasteiger partial charge in [0.1, 0.15) is 0 Å². The van der Waals surface area contributed by atoms with Crippen LogP contribution in [0.4, 0.5) is 6.01 Å². The number of carbonyl (C=O) groups is 1. The van der Waals surface area contributed by atoms with Crippen LogP contribution >= 0.6 is 0 Å². The topological polar surface area (TPSA) is 128 Å². The van der Waals surface area contributed by atoms with Gasteiger partial charge >= 0.3 is 6.01 Å². The number of aryl methyl sites for hydroxylation is 1. The number of nitrogens with zero attached hydrogens (tertiary/aromatic N) is 5. The van der Waals surface area contributed by atoms with Crippen molar-refractivity contribution < 1.29 is 9.32 Å². The number of carbonyl (C=O) groups excluding carboxylic acids is 1. The first-order valence-corrected chi connectivity index (χ1v) is 8.59. The number of para-hydroxylation sites is 1. The fourth-order valence-corrected chi connectivity index (χ4v) is 2.60. The third kappa shape index (κ3) is 3.86. The molecule has 0 radical (unpaired) electrons. The van der Waals surface area contributed by atoms with Gasteiger partial charge in [-0.2, -0.15) is 10.1 Å². The number of hydrogen-bond donors (Lipinski definition) is 2. The van der Waals surface area contributed by atoms with E-state index in [9.17, 15) is 9.59 Å². The number of hydrogen-bond acceptors (Lipinski definition) is 8. The van der Waals surface area contributed by atoms with E-state index >= 15 is 0 Å². The van der Waals surface area contributed by atoms with Crippen molar-refractivity contribution in [2.24, 2.45) is 0 Å². The van der Waals surface area contributed by atoms with Crippen molar-refractivity contribution in [3.05, 3.63) is 82.5 Å². The molecule has 0 atom stereocenters. The molecular weight excluding hydrogens is 374 g/mol. The van der Waals surface area contributed by atoms with Gasteiger partial charge in [-0.3, -0.25) is 20.0 Å². The van der Waals surface area contributed by atoms with Gasteiger partial charge in [-0.05, 0) is 31.2 Å². The van der Waals surface area contributed by atoms with Crippen molar-refractivity contribution in [1.82, 2.24) is 30.3 Å². The molecule has 0 fully saturated rings. The number of nitrogens with one attached hydrogen (secondary N) is 2. The molecule has 1 aromatic carbocycles. The van der Waals surface area contributed by atoms with E-state index in [2.05, 4.69) is 31.1 Å². The lowest BCUT2D eigenvalue weighted by atomic mass is 10.3. The van der Waals surface area contributed by atoms with Gasteiger partial charge in [-0.1, -0.05) is 23.4 Å². The predicted octanol–water partition coefficient (Wildman–Crippen LogP) is 1.74. The zero-order valence-electron chi connectivity index (χ0n) is 15.2. The van der Waals surface area contributed by atoms with Crippen LogP contribution < -0.4 is 16.3 Å². The average Bonchev–Trinajstić information content (AvgIpc) is 3.22. The second-order valence-corrected chi connectivity index (χ2v) is 5.98. The van der Waals surface area contributed by atoms with Gasteiger partial charge in [0.05, 0.1) is 5.69 Å². The van der Waals surface area contributed by atoms with Crippen molar-refractivity contribution in [2.75, 3.05) is 5.43 Å². The van der Waals surface area contributed by atoms with Gasteiger partial charge in [0.15, 0.2) is 5.69 Å². The van der Waals surface area contributed by atoms with E-state index in [0.717, 1.165) is 5.69 Å². The minimum atomic E-state index is -0.733. The quantitative estimate of drug-likeness (QED) is 0.494. The van der Waals surface area contributed by atoms with Crippen molar-refractivity contribution in [2.45, 2.75) is 6.92 Å². The number of benzene rings is 1. The van der Waals surface area contributed by atoms with Gasteiger partial charge in [0, 0.05) is 29.7 Å². The predicted molar refractivity (Wildman–Crippen MR) is 103 cm³/mol. The summed E-state index contributed by atoms with van der Waals surface area (Å²) in [7, 11) is 0. The highest BCUT2D eigenvalue weighted by Gasteiger charge is 2.16. The molecule has 0 saturated carbocycles. The maximum atomic E-state index is 12.5. The Hall–Kier alpha value is -4.34. The van der Waals surface area contributed by atoms with Crippen molar-refractivity contribution >= 4 is 11.9 Å². The summed E-state index contributed by atoms with van der Waals surface area (Å²) < 4.78 is 6.56. The van der Waals surface area contributed by atoms with E-state index in [0.29, 0.717) is 17.1 Å². The first-order chi connectivity index (χ1) is 14.1. The first kappa shape index (κ1) is 18.0. The fraction of sp³-hybridized carbons (Fsp3) is 0.0526. The number of pyridine rings is 1. The molecule has 0 spiro atoms. The summed E-state index contributed by atoms with van der Waals surface area (Å²) in [6, 6.07) is 13.9. The van der Waals surface area contributed by atoms with Gasteiger partial charge in [0.2, 0.25) is 11.3 Å². The van der Waals surface area contributed by atoms with Crippen LogP contribution in [-0.2, 0) is 0 Å². The lowest BCUT2D eigenvalue weighted by Crippen LogP contribution is -2.35. The lowest BCUT2D eigenvalue weighted by Gasteiger charge is -2.11. The van der Waals surface area contributed by atoms with Gasteiger partial charge in [-0.15, -0.1) is 0 Å². The van der Waals surface area contributed by atoms with Crippen LogP contribution in [0.2, 0.25) is 0 Å². The van der Waals surface area contributed by atoms with Crippen LogP contribution in [0.3, 0.4) is 0 Å². The van der Waals surface area contributed by atoms with Crippen LogP contribution in [0.15, 0.2) is 70.2 Å². The summed E-state index contributed by atoms with van der Waals surface area (Å²) in [5, 5.41) is 8.00. The molecule has 10 nitrogen and oxygen atoms in total. The zero-order valence-corrected chi connectivity index (χ0v) is 15.2. The number of rotatable bonds is 5. The third-order valence-corrected chi connectivity index (χ3v) is 3.97. The largest absolute Gasteiger partial charge is 0.340 e. The SMILES string of the molecule is Cc1cc(=O)c(C(=O)NNc2nc(-c3ccncc3)no2)nn1-c1ccccc1. The molecule has 144 valence electrons. The molecule has 1 amide bonds. The molecule has 10 heteroatoms. The highest BCUT2D eigenvalue weighted by Crippen LogP contribution is 2.15. The molecule has 0 bridgehead atoms. The highest BCUT2D eigenvalue weighted by atomic mass is 16.5. The Bertz CT molecular complexity index is 1200. The summed E-state index contributed by atoms with van der Waals surface area (Å²) in [4.78, 5) is 32.7. The van der Waals surface area contributed by atoms with E-state index < -0.39 is 11.3 Å². The summed E-state index contributed by atoms with van der Waals surface area (Å²) in [5.41, 5.74) is 6.09. The van der Waals surface area contributed by atoms with Crippen LogP contribution in [0.5, 0.6) is 0 Å². The molecule has 0 aliphatic heterocycles. The molecule has 0 saturated heterocycles. The Morgan fingerprint density at radius 3 is 2.62 bits per heavy atom.